The normalized spacial score (nSPS) is 23.2. The molecule has 0 unspecified atom stereocenters. The van der Waals surface area contributed by atoms with Crippen molar-refractivity contribution in [3.63, 3.8) is 0 Å². The molecule has 1 heterocycles. The molecular weight excluding hydrogens is 244 g/mol. The fourth-order valence-electron chi connectivity index (χ4n) is 2.57. The minimum atomic E-state index is -0.399. The van der Waals surface area contributed by atoms with Crippen LogP contribution in [0.1, 0.15) is 18.4 Å². The molecule has 0 spiro atoms. The highest BCUT2D eigenvalue weighted by atomic mass is 16.5. The summed E-state index contributed by atoms with van der Waals surface area (Å²) in [5, 5.41) is 0. The van der Waals surface area contributed by atoms with Crippen LogP contribution in [0.2, 0.25) is 0 Å². The van der Waals surface area contributed by atoms with Crippen LogP contribution in [0.15, 0.2) is 30.3 Å². The average molecular weight is 262 g/mol. The highest BCUT2D eigenvalue weighted by Gasteiger charge is 2.40. The van der Waals surface area contributed by atoms with Crippen LogP contribution < -0.4 is 5.73 Å². The van der Waals surface area contributed by atoms with Crippen molar-refractivity contribution in [2.24, 2.45) is 5.73 Å². The van der Waals surface area contributed by atoms with Crippen molar-refractivity contribution >= 4 is 11.9 Å². The van der Waals surface area contributed by atoms with Crippen molar-refractivity contribution < 1.29 is 14.3 Å². The van der Waals surface area contributed by atoms with Gasteiger partial charge in [-0.05, 0) is 18.4 Å². The second-order valence-corrected chi connectivity index (χ2v) is 4.69. The number of ether oxygens (including phenoxy) is 1. The Kier molecular flexibility index (Phi) is 4.16. The molecule has 5 heteroatoms. The van der Waals surface area contributed by atoms with Gasteiger partial charge in [0.05, 0.1) is 13.2 Å². The van der Waals surface area contributed by atoms with Gasteiger partial charge in [0, 0.05) is 6.54 Å². The van der Waals surface area contributed by atoms with Gasteiger partial charge in [0.1, 0.15) is 6.04 Å². The van der Waals surface area contributed by atoms with Gasteiger partial charge < -0.3 is 10.5 Å². The zero-order valence-electron chi connectivity index (χ0n) is 10.9. The van der Waals surface area contributed by atoms with Crippen LogP contribution in [-0.4, -0.2) is 36.0 Å². The molecule has 2 atom stereocenters. The van der Waals surface area contributed by atoms with Gasteiger partial charge in [-0.2, -0.15) is 0 Å². The van der Waals surface area contributed by atoms with E-state index < -0.39 is 6.04 Å². The quantitative estimate of drug-likeness (QED) is 0.810. The van der Waals surface area contributed by atoms with Gasteiger partial charge in [0.2, 0.25) is 5.91 Å². The molecule has 1 aliphatic rings. The van der Waals surface area contributed by atoms with Crippen molar-refractivity contribution in [2.75, 3.05) is 7.11 Å². The number of primary amides is 1. The lowest BCUT2D eigenvalue weighted by Crippen LogP contribution is -2.46. The molecule has 19 heavy (non-hydrogen) atoms. The van der Waals surface area contributed by atoms with Crippen LogP contribution in [0.4, 0.5) is 0 Å². The number of nitrogens with zero attached hydrogens (tertiary/aromatic N) is 1. The number of hydrogen-bond acceptors (Lipinski definition) is 4. The maximum atomic E-state index is 11.8. The van der Waals surface area contributed by atoms with E-state index in [0.29, 0.717) is 19.4 Å². The van der Waals surface area contributed by atoms with E-state index in [0.717, 1.165) is 5.56 Å². The molecule has 0 aromatic heterocycles. The minimum Gasteiger partial charge on any atom is -0.468 e. The summed E-state index contributed by atoms with van der Waals surface area (Å²) in [4.78, 5) is 25.1. The summed E-state index contributed by atoms with van der Waals surface area (Å²) in [7, 11) is 1.36. The van der Waals surface area contributed by atoms with Crippen LogP contribution in [0, 0.1) is 0 Å². The summed E-state index contributed by atoms with van der Waals surface area (Å²) < 4.78 is 4.80. The topological polar surface area (TPSA) is 72.6 Å². The number of methoxy groups -OCH3 is 1. The largest absolute Gasteiger partial charge is 0.468 e. The number of carbonyl (C=O) groups is 2. The Labute approximate surface area is 112 Å². The fourth-order valence-corrected chi connectivity index (χ4v) is 2.57. The highest BCUT2D eigenvalue weighted by molar-refractivity contribution is 5.83. The Morgan fingerprint density at radius 3 is 2.47 bits per heavy atom. The second kappa shape index (κ2) is 5.84. The summed E-state index contributed by atoms with van der Waals surface area (Å²) in [6.07, 6.45) is 1.20. The van der Waals surface area contributed by atoms with Gasteiger partial charge in [-0.1, -0.05) is 30.3 Å². The first-order chi connectivity index (χ1) is 9.13. The van der Waals surface area contributed by atoms with E-state index in [1.54, 1.807) is 0 Å². The third kappa shape index (κ3) is 2.93. The number of nitrogens with two attached hydrogens (primary N) is 1. The van der Waals surface area contributed by atoms with Crippen molar-refractivity contribution in [3.05, 3.63) is 35.9 Å². The molecule has 5 nitrogen and oxygen atoms in total. The van der Waals surface area contributed by atoms with E-state index in [-0.39, 0.29) is 17.9 Å². The molecule has 0 saturated carbocycles. The molecule has 1 fully saturated rings. The highest BCUT2D eigenvalue weighted by Crippen LogP contribution is 2.27. The van der Waals surface area contributed by atoms with E-state index in [2.05, 4.69) is 0 Å². The lowest BCUT2D eigenvalue weighted by atomic mass is 10.1. The average Bonchev–Trinajstić information content (AvgIpc) is 2.83. The molecule has 1 saturated heterocycles. The van der Waals surface area contributed by atoms with Gasteiger partial charge in [-0.25, -0.2) is 0 Å². The minimum absolute atomic E-state index is 0.306. The fraction of sp³-hybridized carbons (Fsp3) is 0.429. The predicted molar refractivity (Wildman–Crippen MR) is 70.0 cm³/mol. The molecule has 1 aromatic rings. The third-order valence-electron chi connectivity index (χ3n) is 3.52. The van der Waals surface area contributed by atoms with E-state index in [4.69, 9.17) is 10.5 Å². The first-order valence-corrected chi connectivity index (χ1v) is 6.30. The van der Waals surface area contributed by atoms with Crippen LogP contribution in [-0.2, 0) is 20.9 Å². The number of benzene rings is 1. The first-order valence-electron chi connectivity index (χ1n) is 6.30. The number of rotatable bonds is 4. The molecule has 0 radical (unpaired) electrons. The standard InChI is InChI=1S/C14H18N2O3/c1-19-14(18)12-8-7-11(13(15)17)16(12)9-10-5-3-2-4-6-10/h2-6,11-12H,7-9H2,1H3,(H2,15,17)/t11-,12-/m1/s1. The Balaban J connectivity index is 2.19. The molecule has 2 N–H and O–H groups in total. The van der Waals surface area contributed by atoms with Gasteiger partial charge >= 0.3 is 5.97 Å². The molecule has 1 amide bonds. The summed E-state index contributed by atoms with van der Waals surface area (Å²) in [6, 6.07) is 8.93. The molecule has 0 bridgehead atoms. The summed E-state index contributed by atoms with van der Waals surface area (Å²) in [6.45, 7) is 0.522. The molecule has 1 aromatic carbocycles. The maximum Gasteiger partial charge on any atom is 0.323 e. The SMILES string of the molecule is COC(=O)[C@H]1CC[C@H](C(N)=O)N1Cc1ccccc1. The Hall–Kier alpha value is -1.88. The van der Waals surface area contributed by atoms with Gasteiger partial charge in [0.15, 0.2) is 0 Å². The number of esters is 1. The van der Waals surface area contributed by atoms with Crippen LogP contribution in [0.5, 0.6) is 0 Å². The van der Waals surface area contributed by atoms with E-state index in [1.807, 2.05) is 35.2 Å². The van der Waals surface area contributed by atoms with Gasteiger partial charge in [-0.3, -0.25) is 14.5 Å². The van der Waals surface area contributed by atoms with Crippen molar-refractivity contribution in [1.29, 1.82) is 0 Å². The van der Waals surface area contributed by atoms with Gasteiger partial charge in [0.25, 0.3) is 0 Å². The van der Waals surface area contributed by atoms with Crippen molar-refractivity contribution in [2.45, 2.75) is 31.5 Å². The summed E-state index contributed by atoms with van der Waals surface area (Å²) in [5.74, 6) is -0.693. The molecule has 102 valence electrons. The maximum absolute atomic E-state index is 11.8. The van der Waals surface area contributed by atoms with Gasteiger partial charge in [-0.15, -0.1) is 0 Å². The summed E-state index contributed by atoms with van der Waals surface area (Å²) in [5.41, 5.74) is 6.46. The Bertz CT molecular complexity index is 461. The zero-order valence-corrected chi connectivity index (χ0v) is 10.9. The van der Waals surface area contributed by atoms with Crippen molar-refractivity contribution in [3.8, 4) is 0 Å². The first kappa shape index (κ1) is 13.5. The number of carbonyl (C=O) groups excluding carboxylic acids is 2. The van der Waals surface area contributed by atoms with E-state index in [1.165, 1.54) is 7.11 Å². The summed E-state index contributed by atoms with van der Waals surface area (Å²) >= 11 is 0. The second-order valence-electron chi connectivity index (χ2n) is 4.69. The van der Waals surface area contributed by atoms with Crippen molar-refractivity contribution in [1.82, 2.24) is 4.90 Å². The Morgan fingerprint density at radius 2 is 1.89 bits per heavy atom. The van der Waals surface area contributed by atoms with E-state index >= 15 is 0 Å². The smallest absolute Gasteiger partial charge is 0.323 e. The molecule has 2 rings (SSSR count). The van der Waals surface area contributed by atoms with Crippen LogP contribution >= 0.6 is 0 Å². The third-order valence-corrected chi connectivity index (χ3v) is 3.52. The zero-order chi connectivity index (χ0) is 13.8. The molecular formula is C14H18N2O3. The lowest BCUT2D eigenvalue weighted by Gasteiger charge is -2.26. The predicted octanol–water partition coefficient (Wildman–Crippen LogP) is 0.678. The van der Waals surface area contributed by atoms with Crippen LogP contribution in [0.3, 0.4) is 0 Å². The lowest BCUT2D eigenvalue weighted by molar-refractivity contribution is -0.147. The number of amides is 1. The number of likely N-dealkylation sites (tertiary alicyclic amines) is 1. The van der Waals surface area contributed by atoms with E-state index in [9.17, 15) is 9.59 Å². The molecule has 0 aliphatic carbocycles. The van der Waals surface area contributed by atoms with Crippen LogP contribution in [0.25, 0.3) is 0 Å². The molecule has 1 aliphatic heterocycles. The monoisotopic (exact) mass is 262 g/mol. The number of hydrogen-bond donors (Lipinski definition) is 1. The Morgan fingerprint density at radius 1 is 1.26 bits per heavy atom.